The molecule has 0 saturated carbocycles. The van der Waals surface area contributed by atoms with Crippen molar-refractivity contribution in [2.75, 3.05) is 0 Å². The number of rotatable bonds is 0. The maximum atomic E-state index is 6.82. The average Bonchev–Trinajstić information content (AvgIpc) is 3.72. The van der Waals surface area contributed by atoms with Crippen molar-refractivity contribution in [1.82, 2.24) is 4.98 Å². The Morgan fingerprint density at radius 2 is 1.12 bits per heavy atom. The molecule has 0 fully saturated rings. The highest BCUT2D eigenvalue weighted by atomic mass is 16.3. The highest BCUT2D eigenvalue weighted by Gasteiger charge is 2.55. The molecule has 1 spiro atoms. The first-order valence-electron chi connectivity index (χ1n) is 14.6. The maximum absolute atomic E-state index is 6.82. The SMILES string of the molecule is Cc1cnc2c(c1)-c1ccccc1C21c2cc(C)c3c(oc4ccccc43)c2-c2c1cc(C)c1c2oc2ccccc21. The molecule has 0 radical (unpaired) electrons. The minimum atomic E-state index is -0.583. The van der Waals surface area contributed by atoms with Gasteiger partial charge < -0.3 is 8.83 Å². The van der Waals surface area contributed by atoms with Gasteiger partial charge in [-0.15, -0.1) is 0 Å². The summed E-state index contributed by atoms with van der Waals surface area (Å²) in [5.74, 6) is 0. The predicted molar refractivity (Wildman–Crippen MR) is 169 cm³/mol. The Balaban J connectivity index is 1.51. The summed E-state index contributed by atoms with van der Waals surface area (Å²) in [4.78, 5) is 5.25. The van der Waals surface area contributed by atoms with Crippen LogP contribution in [0.1, 0.15) is 39.1 Å². The van der Waals surface area contributed by atoms with Gasteiger partial charge in [0.05, 0.1) is 11.1 Å². The van der Waals surface area contributed by atoms with Crippen LogP contribution < -0.4 is 0 Å². The smallest absolute Gasteiger partial charge is 0.143 e. The van der Waals surface area contributed by atoms with Crippen LogP contribution in [0.5, 0.6) is 0 Å². The number of aromatic nitrogens is 1. The van der Waals surface area contributed by atoms with Crippen LogP contribution in [-0.2, 0) is 5.41 Å². The largest absolute Gasteiger partial charge is 0.455 e. The van der Waals surface area contributed by atoms with Crippen LogP contribution in [0.3, 0.4) is 0 Å². The van der Waals surface area contributed by atoms with Gasteiger partial charge in [0.15, 0.2) is 0 Å². The van der Waals surface area contributed by atoms with Gasteiger partial charge in [0, 0.05) is 44.4 Å². The van der Waals surface area contributed by atoms with Crippen molar-refractivity contribution in [2.45, 2.75) is 26.2 Å². The molecule has 2 aliphatic rings. The standard InChI is InChI=1S/C39H25NO2/c1-20-16-26-23-10-4-7-13-27(23)39(38(26)40-19-20)28-17-21(2)32-24-11-5-8-14-30(24)41-36(32)34(28)35-29(39)18-22(3)33-25-12-6-9-15-31(25)42-37(33)35/h4-19H,1-3H3. The molecule has 0 atom stereocenters. The van der Waals surface area contributed by atoms with Gasteiger partial charge in [-0.1, -0.05) is 72.8 Å². The van der Waals surface area contributed by atoms with Crippen LogP contribution in [0.4, 0.5) is 0 Å². The zero-order chi connectivity index (χ0) is 27.9. The van der Waals surface area contributed by atoms with Crippen molar-refractivity contribution < 1.29 is 8.83 Å². The normalized spacial score (nSPS) is 14.3. The molecule has 10 rings (SSSR count). The lowest BCUT2D eigenvalue weighted by atomic mass is 9.71. The van der Waals surface area contributed by atoms with Gasteiger partial charge in [-0.2, -0.15) is 0 Å². The van der Waals surface area contributed by atoms with Gasteiger partial charge in [-0.3, -0.25) is 4.98 Å². The third-order valence-electron chi connectivity index (χ3n) is 9.75. The molecular formula is C39H25NO2. The fraction of sp³-hybridized carbons (Fsp3) is 0.103. The van der Waals surface area contributed by atoms with Crippen molar-refractivity contribution in [3.63, 3.8) is 0 Å². The summed E-state index contributed by atoms with van der Waals surface area (Å²) in [6.07, 6.45) is 2.02. The van der Waals surface area contributed by atoms with Crippen LogP contribution in [0.25, 0.3) is 66.1 Å². The van der Waals surface area contributed by atoms with Gasteiger partial charge in [-0.05, 0) is 77.9 Å². The number of hydrogen-bond donors (Lipinski definition) is 0. The van der Waals surface area contributed by atoms with Crippen LogP contribution in [0.15, 0.2) is 106 Å². The molecule has 2 aliphatic carbocycles. The lowest BCUT2D eigenvalue weighted by molar-refractivity contribution is 0.665. The first kappa shape index (κ1) is 22.5. The summed E-state index contributed by atoms with van der Waals surface area (Å²) < 4.78 is 13.6. The van der Waals surface area contributed by atoms with Gasteiger partial charge in [0.1, 0.15) is 22.3 Å². The van der Waals surface area contributed by atoms with E-state index in [1.807, 2.05) is 18.3 Å². The van der Waals surface area contributed by atoms with E-state index in [-0.39, 0.29) is 0 Å². The number of fused-ring (bicyclic) bond motifs is 18. The van der Waals surface area contributed by atoms with Gasteiger partial charge in [-0.25, -0.2) is 0 Å². The molecule has 0 N–H and O–H groups in total. The van der Waals surface area contributed by atoms with Crippen molar-refractivity contribution in [1.29, 1.82) is 0 Å². The lowest BCUT2D eigenvalue weighted by Crippen LogP contribution is -2.27. The first-order valence-corrected chi connectivity index (χ1v) is 14.6. The fourth-order valence-corrected chi connectivity index (χ4v) is 8.22. The van der Waals surface area contributed by atoms with Crippen molar-refractivity contribution >= 4 is 43.9 Å². The minimum Gasteiger partial charge on any atom is -0.455 e. The Hall–Kier alpha value is -5.15. The number of hydrogen-bond acceptors (Lipinski definition) is 3. The highest BCUT2D eigenvalue weighted by molar-refractivity contribution is 6.20. The molecule has 0 amide bonds. The van der Waals surface area contributed by atoms with E-state index in [9.17, 15) is 0 Å². The number of pyridine rings is 1. The van der Waals surface area contributed by atoms with E-state index in [0.717, 1.165) is 55.5 Å². The summed E-state index contributed by atoms with van der Waals surface area (Å²) in [5.41, 5.74) is 16.1. The number of furan rings is 2. The Morgan fingerprint density at radius 3 is 1.74 bits per heavy atom. The number of nitrogens with zero attached hydrogens (tertiary/aromatic N) is 1. The highest BCUT2D eigenvalue weighted by Crippen LogP contribution is 2.65. The molecule has 0 saturated heterocycles. The lowest BCUT2D eigenvalue weighted by Gasteiger charge is -2.29. The second kappa shape index (κ2) is 7.37. The Bertz CT molecular complexity index is 2380. The quantitative estimate of drug-likeness (QED) is 0.192. The second-order valence-electron chi connectivity index (χ2n) is 12.0. The molecule has 0 aliphatic heterocycles. The molecule has 3 nitrogen and oxygen atoms in total. The van der Waals surface area contributed by atoms with E-state index in [4.69, 9.17) is 13.8 Å². The average molecular weight is 540 g/mol. The van der Waals surface area contributed by atoms with E-state index in [2.05, 4.69) is 99.6 Å². The third kappa shape index (κ3) is 2.41. The molecule has 198 valence electrons. The summed E-state index contributed by atoms with van der Waals surface area (Å²) in [5, 5.41) is 4.62. The van der Waals surface area contributed by atoms with E-state index in [1.54, 1.807) is 0 Å². The van der Waals surface area contributed by atoms with Crippen LogP contribution >= 0.6 is 0 Å². The third-order valence-corrected chi connectivity index (χ3v) is 9.75. The summed E-state index contributed by atoms with van der Waals surface area (Å²) >= 11 is 0. The Kier molecular flexibility index (Phi) is 3.95. The number of aryl methyl sites for hydroxylation is 3. The molecular weight excluding hydrogens is 514 g/mol. The molecule has 0 unspecified atom stereocenters. The first-order chi connectivity index (χ1) is 20.6. The topological polar surface area (TPSA) is 39.2 Å². The van der Waals surface area contributed by atoms with Crippen LogP contribution in [0, 0.1) is 20.8 Å². The zero-order valence-electron chi connectivity index (χ0n) is 23.5. The Morgan fingerprint density at radius 1 is 0.571 bits per heavy atom. The van der Waals surface area contributed by atoms with Crippen LogP contribution in [-0.4, -0.2) is 4.98 Å². The summed E-state index contributed by atoms with van der Waals surface area (Å²) in [6, 6.07) is 32.7. The zero-order valence-corrected chi connectivity index (χ0v) is 23.5. The number of benzene rings is 5. The van der Waals surface area contributed by atoms with Gasteiger partial charge >= 0.3 is 0 Å². The second-order valence-corrected chi connectivity index (χ2v) is 12.0. The van der Waals surface area contributed by atoms with Crippen LogP contribution in [0.2, 0.25) is 0 Å². The Labute approximate surface area is 242 Å². The van der Waals surface area contributed by atoms with E-state index in [1.165, 1.54) is 49.7 Å². The summed E-state index contributed by atoms with van der Waals surface area (Å²) in [6.45, 7) is 6.56. The van der Waals surface area contributed by atoms with E-state index in [0.29, 0.717) is 0 Å². The minimum absolute atomic E-state index is 0.583. The van der Waals surface area contributed by atoms with Crippen molar-refractivity contribution in [2.24, 2.45) is 0 Å². The predicted octanol–water partition coefficient (Wildman–Crippen LogP) is 10.1. The molecule has 3 aromatic heterocycles. The van der Waals surface area contributed by atoms with E-state index >= 15 is 0 Å². The molecule has 8 aromatic rings. The molecule has 5 aromatic carbocycles. The fourth-order valence-electron chi connectivity index (χ4n) is 8.22. The van der Waals surface area contributed by atoms with Crippen molar-refractivity contribution in [3.05, 3.63) is 136 Å². The van der Waals surface area contributed by atoms with Gasteiger partial charge in [0.25, 0.3) is 0 Å². The molecule has 3 heterocycles. The molecule has 0 bridgehead atoms. The number of para-hydroxylation sites is 2. The van der Waals surface area contributed by atoms with E-state index < -0.39 is 5.41 Å². The van der Waals surface area contributed by atoms with Gasteiger partial charge in [0.2, 0.25) is 0 Å². The van der Waals surface area contributed by atoms with Crippen molar-refractivity contribution in [3.8, 4) is 22.3 Å². The summed E-state index contributed by atoms with van der Waals surface area (Å²) in [7, 11) is 0. The maximum Gasteiger partial charge on any atom is 0.143 e. The monoisotopic (exact) mass is 539 g/mol. The molecule has 3 heteroatoms. The molecule has 42 heavy (non-hydrogen) atoms.